The second-order valence-electron chi connectivity index (χ2n) is 6.86. The summed E-state index contributed by atoms with van der Waals surface area (Å²) in [4.78, 5) is 40.0. The normalized spacial score (nSPS) is 19.5. The highest BCUT2D eigenvalue weighted by atomic mass is 32.2. The van der Waals surface area contributed by atoms with Crippen molar-refractivity contribution in [3.63, 3.8) is 0 Å². The van der Waals surface area contributed by atoms with Gasteiger partial charge >= 0.3 is 6.09 Å². The van der Waals surface area contributed by atoms with Gasteiger partial charge < -0.3 is 19.9 Å². The van der Waals surface area contributed by atoms with E-state index in [1.54, 1.807) is 28.5 Å². The van der Waals surface area contributed by atoms with E-state index in [-0.39, 0.29) is 23.2 Å². The Hall–Kier alpha value is -2.22. The van der Waals surface area contributed by atoms with Gasteiger partial charge in [0.05, 0.1) is 11.9 Å². The SMILES string of the molecule is CCOC(=O)N1CCN(C(=O)CCSC2CCc3ccccc3NC2=O)CC1. The Morgan fingerprint density at radius 2 is 1.89 bits per heavy atom. The lowest BCUT2D eigenvalue weighted by Crippen LogP contribution is -2.50. The van der Waals surface area contributed by atoms with Crippen LogP contribution in [0.25, 0.3) is 0 Å². The van der Waals surface area contributed by atoms with Crippen LogP contribution < -0.4 is 5.32 Å². The molecule has 0 spiro atoms. The standard InChI is InChI=1S/C20H27N3O4S/c1-2-27-20(26)23-12-10-22(11-13-23)18(24)9-14-28-17-8-7-15-5-3-4-6-16(15)21-19(17)25/h3-6,17H,2,7-14H2,1H3,(H,21,25). The summed E-state index contributed by atoms with van der Waals surface area (Å²) in [5.74, 6) is 0.713. The van der Waals surface area contributed by atoms with Gasteiger partial charge in [0, 0.05) is 44.0 Å². The first-order valence-electron chi connectivity index (χ1n) is 9.78. The second-order valence-corrected chi connectivity index (χ2v) is 8.17. The van der Waals surface area contributed by atoms with Gasteiger partial charge in [-0.1, -0.05) is 18.2 Å². The number of ether oxygens (including phenoxy) is 1. The van der Waals surface area contributed by atoms with Gasteiger partial charge in [-0.05, 0) is 31.4 Å². The van der Waals surface area contributed by atoms with Gasteiger partial charge in [0.15, 0.2) is 0 Å². The van der Waals surface area contributed by atoms with Gasteiger partial charge in [-0.25, -0.2) is 4.79 Å². The summed E-state index contributed by atoms with van der Waals surface area (Å²) in [5, 5.41) is 2.86. The van der Waals surface area contributed by atoms with E-state index in [4.69, 9.17) is 4.74 Å². The molecule has 0 radical (unpaired) electrons. The molecule has 3 rings (SSSR count). The van der Waals surface area contributed by atoms with Crippen molar-refractivity contribution in [2.45, 2.75) is 31.4 Å². The summed E-state index contributed by atoms with van der Waals surface area (Å²) >= 11 is 1.55. The summed E-state index contributed by atoms with van der Waals surface area (Å²) in [5.41, 5.74) is 2.06. The number of hydrogen-bond donors (Lipinski definition) is 1. The van der Waals surface area contributed by atoms with Crippen LogP contribution in [0.2, 0.25) is 0 Å². The monoisotopic (exact) mass is 405 g/mol. The van der Waals surface area contributed by atoms with Gasteiger partial charge in [0.25, 0.3) is 0 Å². The third-order valence-corrected chi connectivity index (χ3v) is 6.33. The molecule has 0 saturated carbocycles. The van der Waals surface area contributed by atoms with Crippen molar-refractivity contribution < 1.29 is 19.1 Å². The number of fused-ring (bicyclic) bond motifs is 1. The summed E-state index contributed by atoms with van der Waals surface area (Å²) in [6, 6.07) is 7.88. The zero-order chi connectivity index (χ0) is 19.9. The topological polar surface area (TPSA) is 79.0 Å². The number of benzene rings is 1. The molecule has 2 aliphatic rings. The average Bonchev–Trinajstić information content (AvgIpc) is 2.87. The fourth-order valence-electron chi connectivity index (χ4n) is 3.45. The van der Waals surface area contributed by atoms with Crippen LogP contribution in [0.15, 0.2) is 24.3 Å². The van der Waals surface area contributed by atoms with Crippen LogP contribution in [-0.2, 0) is 20.7 Å². The molecule has 2 heterocycles. The van der Waals surface area contributed by atoms with Crippen molar-refractivity contribution in [1.82, 2.24) is 9.80 Å². The Bertz CT molecular complexity index is 719. The molecule has 7 nitrogen and oxygen atoms in total. The molecule has 0 aromatic heterocycles. The van der Waals surface area contributed by atoms with Crippen molar-refractivity contribution in [2.75, 3.05) is 43.9 Å². The van der Waals surface area contributed by atoms with Gasteiger partial charge in [-0.2, -0.15) is 0 Å². The number of nitrogens with one attached hydrogen (secondary N) is 1. The third-order valence-electron chi connectivity index (χ3n) is 5.04. The molecule has 1 N–H and O–H groups in total. The predicted octanol–water partition coefficient (Wildman–Crippen LogP) is 2.36. The molecule has 8 heteroatoms. The molecule has 3 amide bonds. The minimum Gasteiger partial charge on any atom is -0.450 e. The Labute approximate surface area is 169 Å². The second kappa shape index (κ2) is 9.82. The molecule has 1 aromatic rings. The summed E-state index contributed by atoms with van der Waals surface area (Å²) < 4.78 is 5.00. The van der Waals surface area contributed by atoms with Crippen molar-refractivity contribution >= 4 is 35.4 Å². The molecular formula is C20H27N3O4S. The number of hydrogen-bond acceptors (Lipinski definition) is 5. The average molecular weight is 406 g/mol. The molecule has 1 aromatic carbocycles. The third kappa shape index (κ3) is 5.19. The molecule has 1 saturated heterocycles. The maximum Gasteiger partial charge on any atom is 0.409 e. The van der Waals surface area contributed by atoms with Gasteiger partial charge in [-0.3, -0.25) is 9.59 Å². The lowest BCUT2D eigenvalue weighted by atomic mass is 10.1. The van der Waals surface area contributed by atoms with Crippen molar-refractivity contribution in [3.8, 4) is 0 Å². The first-order chi connectivity index (χ1) is 13.6. The molecule has 28 heavy (non-hydrogen) atoms. The highest BCUT2D eigenvalue weighted by Crippen LogP contribution is 2.27. The fraction of sp³-hybridized carbons (Fsp3) is 0.550. The molecular weight excluding hydrogens is 378 g/mol. The number of carbonyl (C=O) groups is 3. The van der Waals surface area contributed by atoms with Gasteiger partial charge in [0.1, 0.15) is 0 Å². The molecule has 0 bridgehead atoms. The predicted molar refractivity (Wildman–Crippen MR) is 109 cm³/mol. The molecule has 1 unspecified atom stereocenters. The Kier molecular flexibility index (Phi) is 7.19. The lowest BCUT2D eigenvalue weighted by molar-refractivity contribution is -0.132. The number of thioether (sulfide) groups is 1. The van der Waals surface area contributed by atoms with E-state index < -0.39 is 0 Å². The maximum atomic E-state index is 12.4. The summed E-state index contributed by atoms with van der Waals surface area (Å²) in [6.45, 7) is 4.20. The van der Waals surface area contributed by atoms with Crippen molar-refractivity contribution in [3.05, 3.63) is 29.8 Å². The van der Waals surface area contributed by atoms with Crippen molar-refractivity contribution in [2.24, 2.45) is 0 Å². The summed E-state index contributed by atoms with van der Waals surface area (Å²) in [6.07, 6.45) is 1.72. The van der Waals surface area contributed by atoms with Gasteiger partial charge in [-0.15, -0.1) is 11.8 Å². The quantitative estimate of drug-likeness (QED) is 0.814. The smallest absolute Gasteiger partial charge is 0.409 e. The summed E-state index contributed by atoms with van der Waals surface area (Å²) in [7, 11) is 0. The number of aryl methyl sites for hydroxylation is 1. The first kappa shape index (κ1) is 20.5. The van der Waals surface area contributed by atoms with Gasteiger partial charge in [0.2, 0.25) is 11.8 Å². The number of amides is 3. The largest absolute Gasteiger partial charge is 0.450 e. The lowest BCUT2D eigenvalue weighted by Gasteiger charge is -2.34. The Morgan fingerprint density at radius 3 is 2.64 bits per heavy atom. The van der Waals surface area contributed by atoms with E-state index in [1.807, 2.05) is 24.3 Å². The van der Waals surface area contributed by atoms with E-state index in [9.17, 15) is 14.4 Å². The zero-order valence-corrected chi connectivity index (χ0v) is 17.0. The fourth-order valence-corrected chi connectivity index (χ4v) is 4.52. The molecule has 1 atom stereocenters. The number of para-hydroxylation sites is 1. The number of anilines is 1. The van der Waals surface area contributed by atoms with E-state index >= 15 is 0 Å². The van der Waals surface area contributed by atoms with E-state index in [1.165, 1.54) is 0 Å². The molecule has 1 fully saturated rings. The van der Waals surface area contributed by atoms with Crippen LogP contribution in [0.1, 0.15) is 25.3 Å². The van der Waals surface area contributed by atoms with Crippen LogP contribution in [0, 0.1) is 0 Å². The minimum absolute atomic E-state index is 0.0189. The number of carbonyl (C=O) groups excluding carboxylic acids is 3. The van der Waals surface area contributed by atoms with Crippen LogP contribution in [0.3, 0.4) is 0 Å². The highest BCUT2D eigenvalue weighted by molar-refractivity contribution is 8.00. The van der Waals surface area contributed by atoms with E-state index in [0.29, 0.717) is 45.0 Å². The number of nitrogens with zero attached hydrogens (tertiary/aromatic N) is 2. The van der Waals surface area contributed by atoms with Crippen molar-refractivity contribution in [1.29, 1.82) is 0 Å². The number of rotatable bonds is 5. The Morgan fingerprint density at radius 1 is 1.18 bits per heavy atom. The molecule has 0 aliphatic carbocycles. The number of piperazine rings is 1. The molecule has 2 aliphatic heterocycles. The van der Waals surface area contributed by atoms with Crippen LogP contribution in [0.5, 0.6) is 0 Å². The van der Waals surface area contributed by atoms with E-state index in [0.717, 1.165) is 24.1 Å². The van der Waals surface area contributed by atoms with Crippen LogP contribution in [0.4, 0.5) is 10.5 Å². The molecule has 152 valence electrons. The minimum atomic E-state index is -0.314. The first-order valence-corrected chi connectivity index (χ1v) is 10.8. The zero-order valence-electron chi connectivity index (χ0n) is 16.2. The Balaban J connectivity index is 1.40. The van der Waals surface area contributed by atoms with Crippen LogP contribution >= 0.6 is 11.8 Å². The highest BCUT2D eigenvalue weighted by Gasteiger charge is 2.26. The maximum absolute atomic E-state index is 12.4. The van der Waals surface area contributed by atoms with Crippen LogP contribution in [-0.4, -0.2) is 71.5 Å². The van der Waals surface area contributed by atoms with E-state index in [2.05, 4.69) is 5.32 Å².